The Hall–Kier alpha value is -3.90. The third-order valence-corrected chi connectivity index (χ3v) is 5.71. The molecule has 11 nitrogen and oxygen atoms in total. The summed E-state index contributed by atoms with van der Waals surface area (Å²) in [4.78, 5) is 40.1. The first-order valence-electron chi connectivity index (χ1n) is 10.1. The van der Waals surface area contributed by atoms with Crippen molar-refractivity contribution in [3.63, 3.8) is 0 Å². The van der Waals surface area contributed by atoms with Gasteiger partial charge in [0.1, 0.15) is 22.1 Å². The SMILES string of the molecule is COCCNC(=O)[C@H](c1ccc(C)o1)N(C(=O)c1snc(C(N)=O)c1N)c1ccccc1OC. The first kappa shape index (κ1) is 24.7. The molecule has 0 aliphatic carbocycles. The standard InChI is InChI=1S/C22H25N5O6S/c1-12-8-9-15(33-12)18(21(29)25-10-11-31-2)27(13-6-4-5-7-14(13)32-3)22(30)19-16(23)17(20(24)28)26-34-19/h4-9,18H,10-11,23H2,1-3H3,(H2,24,28)(H,25,29)/t18-/m0/s1. The van der Waals surface area contributed by atoms with E-state index in [1.54, 1.807) is 43.3 Å². The number of ether oxygens (including phenoxy) is 2. The number of anilines is 2. The number of furan rings is 1. The molecular weight excluding hydrogens is 462 g/mol. The van der Waals surface area contributed by atoms with Crippen molar-refractivity contribution in [3.05, 3.63) is 58.5 Å². The lowest BCUT2D eigenvalue weighted by molar-refractivity contribution is -0.123. The number of hydrogen-bond acceptors (Lipinski definition) is 9. The van der Waals surface area contributed by atoms with Crippen molar-refractivity contribution in [1.82, 2.24) is 9.69 Å². The second kappa shape index (κ2) is 10.8. The van der Waals surface area contributed by atoms with E-state index in [4.69, 9.17) is 25.4 Å². The molecule has 0 bridgehead atoms. The van der Waals surface area contributed by atoms with Crippen LogP contribution in [0.3, 0.4) is 0 Å². The number of aromatic nitrogens is 1. The molecule has 1 atom stereocenters. The lowest BCUT2D eigenvalue weighted by Crippen LogP contribution is -2.44. The summed E-state index contributed by atoms with van der Waals surface area (Å²) >= 11 is 0.710. The van der Waals surface area contributed by atoms with E-state index in [0.29, 0.717) is 23.0 Å². The molecule has 34 heavy (non-hydrogen) atoms. The summed E-state index contributed by atoms with van der Waals surface area (Å²) in [6, 6.07) is 8.73. The molecule has 3 amide bonds. The van der Waals surface area contributed by atoms with Gasteiger partial charge in [-0.3, -0.25) is 19.3 Å². The fourth-order valence-electron chi connectivity index (χ4n) is 3.28. The molecule has 1 aromatic carbocycles. The highest BCUT2D eigenvalue weighted by molar-refractivity contribution is 7.09. The van der Waals surface area contributed by atoms with Crippen LogP contribution in [0.15, 0.2) is 40.8 Å². The van der Waals surface area contributed by atoms with Crippen molar-refractivity contribution in [1.29, 1.82) is 0 Å². The number of nitrogen functional groups attached to an aromatic ring is 1. The van der Waals surface area contributed by atoms with Gasteiger partial charge in [0.2, 0.25) is 0 Å². The van der Waals surface area contributed by atoms with Crippen molar-refractivity contribution in [2.75, 3.05) is 38.0 Å². The minimum Gasteiger partial charge on any atom is -0.495 e. The maximum absolute atomic E-state index is 13.9. The topological polar surface area (TPSA) is 163 Å². The first-order chi connectivity index (χ1) is 16.3. The van der Waals surface area contributed by atoms with Crippen LogP contribution in [0.2, 0.25) is 0 Å². The van der Waals surface area contributed by atoms with Crippen LogP contribution in [0, 0.1) is 6.92 Å². The maximum atomic E-state index is 13.9. The van der Waals surface area contributed by atoms with Crippen LogP contribution in [0.25, 0.3) is 0 Å². The number of nitrogens with zero attached hydrogens (tertiary/aromatic N) is 2. The number of primary amides is 1. The largest absolute Gasteiger partial charge is 0.495 e. The van der Waals surface area contributed by atoms with Gasteiger partial charge in [-0.1, -0.05) is 12.1 Å². The van der Waals surface area contributed by atoms with Gasteiger partial charge in [0, 0.05) is 13.7 Å². The molecule has 2 aromatic heterocycles. The predicted octanol–water partition coefficient (Wildman–Crippen LogP) is 1.88. The summed E-state index contributed by atoms with van der Waals surface area (Å²) in [5.74, 6) is -0.994. The van der Waals surface area contributed by atoms with Crippen molar-refractivity contribution in [3.8, 4) is 5.75 Å². The molecule has 0 unspecified atom stereocenters. The molecule has 3 rings (SSSR count). The first-order valence-corrected chi connectivity index (χ1v) is 10.9. The summed E-state index contributed by atoms with van der Waals surface area (Å²) in [6.07, 6.45) is 0. The van der Waals surface area contributed by atoms with Gasteiger partial charge in [-0.05, 0) is 42.7 Å². The number of carbonyl (C=O) groups excluding carboxylic acids is 3. The van der Waals surface area contributed by atoms with Gasteiger partial charge in [-0.15, -0.1) is 0 Å². The van der Waals surface area contributed by atoms with Gasteiger partial charge in [-0.2, -0.15) is 4.37 Å². The minimum absolute atomic E-state index is 0.0577. The summed E-state index contributed by atoms with van der Waals surface area (Å²) in [6.45, 7) is 2.19. The van der Waals surface area contributed by atoms with Crippen molar-refractivity contribution in [2.24, 2.45) is 5.73 Å². The molecule has 0 saturated carbocycles. The lowest BCUT2D eigenvalue weighted by atomic mass is 10.1. The molecule has 0 aliphatic rings. The zero-order chi connectivity index (χ0) is 24.8. The van der Waals surface area contributed by atoms with Crippen LogP contribution in [0.5, 0.6) is 5.75 Å². The van der Waals surface area contributed by atoms with Crippen LogP contribution in [-0.2, 0) is 9.53 Å². The van der Waals surface area contributed by atoms with Gasteiger partial charge < -0.3 is 30.7 Å². The van der Waals surface area contributed by atoms with E-state index in [0.717, 1.165) is 0 Å². The van der Waals surface area contributed by atoms with Crippen LogP contribution in [0.4, 0.5) is 11.4 Å². The van der Waals surface area contributed by atoms with E-state index >= 15 is 0 Å². The predicted molar refractivity (Wildman–Crippen MR) is 126 cm³/mol. The highest BCUT2D eigenvalue weighted by Gasteiger charge is 2.38. The van der Waals surface area contributed by atoms with Gasteiger partial charge in [0.25, 0.3) is 17.7 Å². The third kappa shape index (κ3) is 5.02. The van der Waals surface area contributed by atoms with Crippen LogP contribution in [-0.4, -0.2) is 49.5 Å². The van der Waals surface area contributed by atoms with Crippen LogP contribution in [0.1, 0.15) is 37.7 Å². The van der Waals surface area contributed by atoms with Gasteiger partial charge in [0.05, 0.1) is 25.1 Å². The summed E-state index contributed by atoms with van der Waals surface area (Å²) < 4.78 is 20.2. The Kier molecular flexibility index (Phi) is 7.87. The van der Waals surface area contributed by atoms with Gasteiger partial charge >= 0.3 is 0 Å². The Morgan fingerprint density at radius 3 is 2.53 bits per heavy atom. The number of carbonyl (C=O) groups is 3. The maximum Gasteiger partial charge on any atom is 0.273 e. The Balaban J connectivity index is 2.20. The van der Waals surface area contributed by atoms with E-state index in [-0.39, 0.29) is 40.9 Å². The number of hydrogen-bond donors (Lipinski definition) is 3. The van der Waals surface area contributed by atoms with Crippen LogP contribution < -0.4 is 26.4 Å². The number of methoxy groups -OCH3 is 2. The van der Waals surface area contributed by atoms with Crippen molar-refractivity contribution < 1.29 is 28.3 Å². The number of nitrogens with two attached hydrogens (primary N) is 2. The molecule has 2 heterocycles. The second-order valence-corrected chi connectivity index (χ2v) is 7.89. The average Bonchev–Trinajstić information content (AvgIpc) is 3.42. The summed E-state index contributed by atoms with van der Waals surface area (Å²) in [5.41, 5.74) is 11.2. The molecular formula is C22H25N5O6S. The zero-order valence-corrected chi connectivity index (χ0v) is 19.7. The third-order valence-electron chi connectivity index (χ3n) is 4.86. The number of rotatable bonds is 10. The van der Waals surface area contributed by atoms with E-state index < -0.39 is 23.8 Å². The molecule has 0 fully saturated rings. The van der Waals surface area contributed by atoms with E-state index in [9.17, 15) is 14.4 Å². The highest BCUT2D eigenvalue weighted by Crippen LogP contribution is 2.38. The minimum atomic E-state index is -1.24. The summed E-state index contributed by atoms with van der Waals surface area (Å²) in [7, 11) is 2.95. The van der Waals surface area contributed by atoms with Gasteiger partial charge in [0.15, 0.2) is 11.7 Å². The average molecular weight is 488 g/mol. The van der Waals surface area contributed by atoms with Crippen molar-refractivity contribution >= 4 is 40.6 Å². The quantitative estimate of drug-likeness (QED) is 0.365. The van der Waals surface area contributed by atoms with E-state index in [1.807, 2.05) is 0 Å². The number of benzene rings is 1. The van der Waals surface area contributed by atoms with Gasteiger partial charge in [-0.25, -0.2) is 0 Å². The molecule has 5 N–H and O–H groups in total. The normalized spacial score (nSPS) is 11.6. The Morgan fingerprint density at radius 1 is 1.21 bits per heavy atom. The molecule has 0 saturated heterocycles. The lowest BCUT2D eigenvalue weighted by Gasteiger charge is -2.30. The fourth-order valence-corrected chi connectivity index (χ4v) is 4.02. The molecule has 180 valence electrons. The number of nitrogens with one attached hydrogen (secondary N) is 1. The van der Waals surface area contributed by atoms with E-state index in [2.05, 4.69) is 9.69 Å². The molecule has 0 aliphatic heterocycles. The van der Waals surface area contributed by atoms with Crippen LogP contribution >= 0.6 is 11.5 Å². The number of para-hydroxylation sites is 2. The van der Waals surface area contributed by atoms with E-state index in [1.165, 1.54) is 19.1 Å². The number of amides is 3. The fraction of sp³-hybridized carbons (Fsp3) is 0.273. The molecule has 0 spiro atoms. The Morgan fingerprint density at radius 2 is 1.94 bits per heavy atom. The summed E-state index contributed by atoms with van der Waals surface area (Å²) in [5, 5.41) is 2.75. The number of aryl methyl sites for hydroxylation is 1. The zero-order valence-electron chi connectivity index (χ0n) is 18.9. The molecule has 12 heteroatoms. The monoisotopic (exact) mass is 487 g/mol. The molecule has 3 aromatic rings. The highest BCUT2D eigenvalue weighted by atomic mass is 32.1. The molecule has 0 radical (unpaired) electrons. The smallest absolute Gasteiger partial charge is 0.273 e. The Bertz CT molecular complexity index is 1190. The Labute approximate surface area is 199 Å². The second-order valence-electron chi connectivity index (χ2n) is 7.12. The van der Waals surface area contributed by atoms with Crippen molar-refractivity contribution in [2.45, 2.75) is 13.0 Å².